The molecule has 2 unspecified atom stereocenters. The summed E-state index contributed by atoms with van der Waals surface area (Å²) in [5.74, 6) is 0.976. The van der Waals surface area contributed by atoms with Crippen LogP contribution in [0.4, 0.5) is 0 Å². The van der Waals surface area contributed by atoms with E-state index in [1.165, 1.54) is 32.5 Å². The molecular formula is C7H15N2+. The molecule has 0 spiro atoms. The molecule has 0 aromatic rings. The predicted molar refractivity (Wildman–Crippen MR) is 36.3 cm³/mol. The topological polar surface area (TPSA) is 30.5 Å². The molecule has 2 heteroatoms. The molecule has 2 aliphatic heterocycles. The van der Waals surface area contributed by atoms with E-state index in [4.69, 9.17) is 5.73 Å². The van der Waals surface area contributed by atoms with E-state index >= 15 is 0 Å². The molecule has 0 aromatic heterocycles. The zero-order chi connectivity index (χ0) is 6.27. The van der Waals surface area contributed by atoms with Gasteiger partial charge < -0.3 is 10.6 Å². The van der Waals surface area contributed by atoms with Gasteiger partial charge in [0, 0.05) is 12.3 Å². The van der Waals surface area contributed by atoms with Gasteiger partial charge in [0.25, 0.3) is 0 Å². The normalized spacial score (nSPS) is 49.7. The quantitative estimate of drug-likeness (QED) is 0.413. The van der Waals surface area contributed by atoms with E-state index in [0.717, 1.165) is 5.92 Å². The molecule has 0 radical (unpaired) electrons. The van der Waals surface area contributed by atoms with Gasteiger partial charge in [-0.1, -0.05) is 0 Å². The summed E-state index contributed by atoms with van der Waals surface area (Å²) in [4.78, 5) is 1.75. The third-order valence-electron chi connectivity index (χ3n) is 2.67. The number of rotatable bonds is 0. The zero-order valence-corrected chi connectivity index (χ0v) is 5.77. The molecule has 2 bridgehead atoms. The monoisotopic (exact) mass is 127 g/mol. The van der Waals surface area contributed by atoms with Crippen molar-refractivity contribution >= 4 is 0 Å². The largest absolute Gasteiger partial charge is 0.333 e. The molecule has 2 nitrogen and oxygen atoms in total. The lowest BCUT2D eigenvalue weighted by Gasteiger charge is -2.23. The van der Waals surface area contributed by atoms with Crippen molar-refractivity contribution in [1.29, 1.82) is 0 Å². The standard InChI is InChI=1S/C7H14N2/c8-7-3-6-1-2-9(4-6)5-7/h6-7H,1-5,8H2/p+1/t6-,7?/m1/s1. The van der Waals surface area contributed by atoms with Crippen molar-refractivity contribution in [3.8, 4) is 0 Å². The lowest BCUT2D eigenvalue weighted by atomic mass is 9.98. The Morgan fingerprint density at radius 1 is 1.33 bits per heavy atom. The van der Waals surface area contributed by atoms with E-state index in [1.807, 2.05) is 0 Å². The predicted octanol–water partition coefficient (Wildman–Crippen LogP) is -1.38. The summed E-state index contributed by atoms with van der Waals surface area (Å²) in [6, 6.07) is 0.515. The van der Waals surface area contributed by atoms with Gasteiger partial charge in [-0.3, -0.25) is 0 Å². The highest BCUT2D eigenvalue weighted by Gasteiger charge is 2.33. The first-order valence-electron chi connectivity index (χ1n) is 3.94. The molecule has 2 aliphatic rings. The van der Waals surface area contributed by atoms with Gasteiger partial charge in [-0.2, -0.15) is 0 Å². The molecule has 2 rings (SSSR count). The van der Waals surface area contributed by atoms with Gasteiger partial charge in [-0.25, -0.2) is 0 Å². The molecule has 52 valence electrons. The molecule has 0 aliphatic carbocycles. The van der Waals surface area contributed by atoms with Gasteiger partial charge in [-0.05, 0) is 6.42 Å². The minimum Gasteiger partial charge on any atom is -0.333 e. The Morgan fingerprint density at radius 3 is 3.00 bits per heavy atom. The maximum Gasteiger partial charge on any atom is 0.0925 e. The Morgan fingerprint density at radius 2 is 2.22 bits per heavy atom. The second-order valence-corrected chi connectivity index (χ2v) is 3.56. The van der Waals surface area contributed by atoms with Crippen LogP contribution in [0.5, 0.6) is 0 Å². The highest BCUT2D eigenvalue weighted by atomic mass is 15.2. The number of fused-ring (bicyclic) bond motifs is 2. The Kier molecular flexibility index (Phi) is 1.24. The van der Waals surface area contributed by atoms with Crippen LogP contribution in [0.15, 0.2) is 0 Å². The smallest absolute Gasteiger partial charge is 0.0925 e. The summed E-state index contributed by atoms with van der Waals surface area (Å²) in [5, 5.41) is 0. The molecule has 2 saturated heterocycles. The summed E-state index contributed by atoms with van der Waals surface area (Å²) in [6.45, 7) is 4.03. The van der Waals surface area contributed by atoms with Crippen LogP contribution in [-0.2, 0) is 0 Å². The van der Waals surface area contributed by atoms with Crippen LogP contribution in [0.2, 0.25) is 0 Å². The lowest BCUT2D eigenvalue weighted by Crippen LogP contribution is -3.12. The molecule has 2 fully saturated rings. The van der Waals surface area contributed by atoms with Crippen molar-refractivity contribution in [2.75, 3.05) is 19.6 Å². The van der Waals surface area contributed by atoms with E-state index in [9.17, 15) is 0 Å². The first-order valence-corrected chi connectivity index (χ1v) is 3.94. The molecule has 3 atom stereocenters. The van der Waals surface area contributed by atoms with Crippen molar-refractivity contribution in [2.24, 2.45) is 11.7 Å². The number of hydrogen-bond donors (Lipinski definition) is 2. The number of piperidine rings is 1. The van der Waals surface area contributed by atoms with Gasteiger partial charge in [0.05, 0.1) is 25.7 Å². The highest BCUT2D eigenvalue weighted by molar-refractivity contribution is 4.75. The maximum atomic E-state index is 5.83. The summed E-state index contributed by atoms with van der Waals surface area (Å²) in [5.41, 5.74) is 5.83. The third kappa shape index (κ3) is 0.970. The van der Waals surface area contributed by atoms with Crippen LogP contribution in [0, 0.1) is 5.92 Å². The average molecular weight is 127 g/mol. The van der Waals surface area contributed by atoms with Crippen LogP contribution >= 0.6 is 0 Å². The summed E-state index contributed by atoms with van der Waals surface area (Å²) < 4.78 is 0. The van der Waals surface area contributed by atoms with Crippen LogP contribution in [0.3, 0.4) is 0 Å². The van der Waals surface area contributed by atoms with Gasteiger partial charge in [0.15, 0.2) is 0 Å². The first kappa shape index (κ1) is 5.69. The van der Waals surface area contributed by atoms with E-state index in [1.54, 1.807) is 4.90 Å². The molecule has 2 heterocycles. The molecule has 0 saturated carbocycles. The van der Waals surface area contributed by atoms with Gasteiger partial charge >= 0.3 is 0 Å². The summed E-state index contributed by atoms with van der Waals surface area (Å²) in [7, 11) is 0. The first-order chi connectivity index (χ1) is 4.34. The average Bonchev–Trinajstić information content (AvgIpc) is 2.11. The molecule has 3 N–H and O–H groups in total. The van der Waals surface area contributed by atoms with Gasteiger partial charge in [0.1, 0.15) is 0 Å². The second kappa shape index (κ2) is 1.96. The van der Waals surface area contributed by atoms with Crippen molar-refractivity contribution in [2.45, 2.75) is 18.9 Å². The van der Waals surface area contributed by atoms with Crippen molar-refractivity contribution in [3.05, 3.63) is 0 Å². The SMILES string of the molecule is NC1C[C@H]2CC[NH+](C1)C2. The van der Waals surface area contributed by atoms with Crippen LogP contribution < -0.4 is 10.6 Å². The number of nitrogens with one attached hydrogen (secondary N) is 1. The van der Waals surface area contributed by atoms with Crippen LogP contribution in [0.1, 0.15) is 12.8 Å². The lowest BCUT2D eigenvalue weighted by molar-refractivity contribution is -0.893. The fourth-order valence-electron chi connectivity index (χ4n) is 2.29. The van der Waals surface area contributed by atoms with Gasteiger partial charge in [-0.15, -0.1) is 0 Å². The van der Waals surface area contributed by atoms with E-state index in [0.29, 0.717) is 6.04 Å². The van der Waals surface area contributed by atoms with E-state index in [2.05, 4.69) is 0 Å². The Balaban J connectivity index is 2.03. The number of hydrogen-bond acceptors (Lipinski definition) is 1. The fourth-order valence-corrected chi connectivity index (χ4v) is 2.29. The Labute approximate surface area is 56.0 Å². The number of nitrogens with two attached hydrogens (primary N) is 1. The minimum atomic E-state index is 0.515. The fraction of sp³-hybridized carbons (Fsp3) is 1.00. The second-order valence-electron chi connectivity index (χ2n) is 3.56. The number of quaternary nitrogens is 1. The molecule has 0 aromatic carbocycles. The van der Waals surface area contributed by atoms with Crippen molar-refractivity contribution in [1.82, 2.24) is 0 Å². The summed E-state index contributed by atoms with van der Waals surface area (Å²) >= 11 is 0. The highest BCUT2D eigenvalue weighted by Crippen LogP contribution is 2.14. The van der Waals surface area contributed by atoms with Gasteiger partial charge in [0.2, 0.25) is 0 Å². The van der Waals surface area contributed by atoms with Crippen LogP contribution in [-0.4, -0.2) is 25.7 Å². The van der Waals surface area contributed by atoms with Crippen LogP contribution in [0.25, 0.3) is 0 Å². The molecular weight excluding hydrogens is 112 g/mol. The minimum absolute atomic E-state index is 0.515. The Hall–Kier alpha value is -0.0800. The summed E-state index contributed by atoms with van der Waals surface area (Å²) in [6.07, 6.45) is 2.73. The third-order valence-corrected chi connectivity index (χ3v) is 2.67. The zero-order valence-electron chi connectivity index (χ0n) is 5.77. The van der Waals surface area contributed by atoms with Crippen molar-refractivity contribution in [3.63, 3.8) is 0 Å². The maximum absolute atomic E-state index is 5.83. The van der Waals surface area contributed by atoms with E-state index < -0.39 is 0 Å². The Bertz CT molecular complexity index is 101. The van der Waals surface area contributed by atoms with Crippen molar-refractivity contribution < 1.29 is 4.90 Å². The molecule has 0 amide bonds. The van der Waals surface area contributed by atoms with E-state index in [-0.39, 0.29) is 0 Å². The molecule has 9 heavy (non-hydrogen) atoms.